The topological polar surface area (TPSA) is 113 Å². The molecule has 5 rings (SSSR count). The Balaban J connectivity index is 1.50. The number of hydrogen-bond acceptors (Lipinski definition) is 7. The van der Waals surface area contributed by atoms with Crippen molar-refractivity contribution in [3.8, 4) is 0 Å². The van der Waals surface area contributed by atoms with Gasteiger partial charge in [-0.1, -0.05) is 6.42 Å². The minimum Gasteiger partial charge on any atom is -0.370 e. The predicted octanol–water partition coefficient (Wildman–Crippen LogP) is 3.16. The fraction of sp³-hybridized carbons (Fsp3) is 0.500. The number of aromatic nitrogens is 4. The summed E-state index contributed by atoms with van der Waals surface area (Å²) in [6, 6.07) is 6.91. The van der Waals surface area contributed by atoms with Crippen LogP contribution >= 0.6 is 0 Å². The summed E-state index contributed by atoms with van der Waals surface area (Å²) in [5, 5.41) is 7.23. The highest BCUT2D eigenvalue weighted by molar-refractivity contribution is 7.89. The van der Waals surface area contributed by atoms with Gasteiger partial charge in [0.15, 0.2) is 0 Å². The highest BCUT2D eigenvalue weighted by Crippen LogP contribution is 2.33. The lowest BCUT2D eigenvalue weighted by Crippen LogP contribution is -2.36. The van der Waals surface area contributed by atoms with Crippen molar-refractivity contribution in [3.63, 3.8) is 0 Å². The Bertz CT molecular complexity index is 1360. The average molecular weight is 498 g/mol. The Morgan fingerprint density at radius 1 is 0.914 bits per heavy atom. The number of aryl methyl sites for hydroxylation is 2. The summed E-state index contributed by atoms with van der Waals surface area (Å²) >= 11 is 0. The van der Waals surface area contributed by atoms with Crippen LogP contribution in [0.4, 0.5) is 11.4 Å². The molecule has 3 aromatic rings. The Kier molecular flexibility index (Phi) is 6.45. The van der Waals surface area contributed by atoms with Gasteiger partial charge in [-0.15, -0.1) is 5.10 Å². The molecule has 0 spiro atoms. The lowest BCUT2D eigenvalue weighted by molar-refractivity contribution is 0.101. The zero-order chi connectivity index (χ0) is 24.6. The molecule has 1 amide bonds. The maximum atomic E-state index is 13.3. The lowest BCUT2D eigenvalue weighted by atomic mass is 10.1. The minimum absolute atomic E-state index is 0.0138. The predicted molar refractivity (Wildman–Crippen MR) is 133 cm³/mol. The summed E-state index contributed by atoms with van der Waals surface area (Å²) in [6.07, 6.45) is 6.04. The highest BCUT2D eigenvalue weighted by atomic mass is 32.2. The van der Waals surface area contributed by atoms with Gasteiger partial charge in [-0.05, 0) is 70.2 Å². The summed E-state index contributed by atoms with van der Waals surface area (Å²) in [4.78, 5) is 24.3. The summed E-state index contributed by atoms with van der Waals surface area (Å²) in [7, 11) is -3.65. The fourth-order valence-electron chi connectivity index (χ4n) is 4.88. The van der Waals surface area contributed by atoms with Crippen LogP contribution in [0, 0.1) is 13.8 Å². The molecule has 0 saturated carbocycles. The summed E-state index contributed by atoms with van der Waals surface area (Å²) in [5.74, 6) is -0.163. The number of nitrogens with one attached hydrogen (secondary N) is 1. The van der Waals surface area contributed by atoms with Gasteiger partial charge >= 0.3 is 0 Å². The van der Waals surface area contributed by atoms with Crippen LogP contribution < -0.4 is 10.2 Å². The van der Waals surface area contributed by atoms with Gasteiger partial charge in [0.1, 0.15) is 0 Å². The molecule has 0 bridgehead atoms. The molecule has 2 aromatic heterocycles. The van der Waals surface area contributed by atoms with Crippen molar-refractivity contribution in [2.24, 2.45) is 0 Å². The van der Waals surface area contributed by atoms with Crippen molar-refractivity contribution >= 4 is 33.1 Å². The lowest BCUT2D eigenvalue weighted by Gasteiger charge is -2.31. The van der Waals surface area contributed by atoms with Crippen molar-refractivity contribution in [3.05, 3.63) is 41.5 Å². The van der Waals surface area contributed by atoms with Crippen molar-refractivity contribution in [1.29, 1.82) is 0 Å². The molecule has 4 heterocycles. The second-order valence-corrected chi connectivity index (χ2v) is 11.3. The Morgan fingerprint density at radius 3 is 2.31 bits per heavy atom. The Hall–Kier alpha value is -3.05. The normalized spacial score (nSPS) is 17.6. The van der Waals surface area contributed by atoms with Gasteiger partial charge in [0.25, 0.3) is 11.7 Å². The molecule has 2 aliphatic rings. The second kappa shape index (κ2) is 9.54. The van der Waals surface area contributed by atoms with Crippen LogP contribution in [-0.4, -0.2) is 64.4 Å². The molecule has 0 radical (unpaired) electrons. The number of anilines is 2. The van der Waals surface area contributed by atoms with Crippen LogP contribution in [0.1, 0.15) is 60.5 Å². The molecule has 0 aliphatic carbocycles. The molecule has 2 saturated heterocycles. The molecule has 1 N–H and O–H groups in total. The van der Waals surface area contributed by atoms with Crippen LogP contribution in [0.3, 0.4) is 0 Å². The second-order valence-electron chi connectivity index (χ2n) is 9.33. The van der Waals surface area contributed by atoms with E-state index in [4.69, 9.17) is 0 Å². The van der Waals surface area contributed by atoms with Gasteiger partial charge in [-0.25, -0.2) is 17.9 Å². The van der Waals surface area contributed by atoms with Gasteiger partial charge in [-0.2, -0.15) is 9.29 Å². The molecule has 0 atom stereocenters. The quantitative estimate of drug-likeness (QED) is 0.576. The molecule has 2 aliphatic heterocycles. The summed E-state index contributed by atoms with van der Waals surface area (Å²) < 4.78 is 29.7. The number of carbonyl (C=O) groups is 1. The van der Waals surface area contributed by atoms with E-state index < -0.39 is 15.9 Å². The van der Waals surface area contributed by atoms with E-state index in [1.807, 2.05) is 26.0 Å². The monoisotopic (exact) mass is 497 g/mol. The molecule has 0 unspecified atom stereocenters. The van der Waals surface area contributed by atoms with Crippen LogP contribution in [0.25, 0.3) is 5.78 Å². The van der Waals surface area contributed by atoms with Crippen LogP contribution in [0.5, 0.6) is 0 Å². The number of carbonyl (C=O) groups excluding carboxylic acids is 1. The Morgan fingerprint density at radius 2 is 1.60 bits per heavy atom. The van der Waals surface area contributed by atoms with Gasteiger partial charge in [0.2, 0.25) is 15.8 Å². The number of sulfonamides is 1. The van der Waals surface area contributed by atoms with E-state index in [-0.39, 0.29) is 10.7 Å². The van der Waals surface area contributed by atoms with E-state index in [2.05, 4.69) is 25.3 Å². The van der Waals surface area contributed by atoms with Gasteiger partial charge in [0.05, 0.1) is 16.3 Å². The van der Waals surface area contributed by atoms with Crippen LogP contribution in [0.15, 0.2) is 29.2 Å². The summed E-state index contributed by atoms with van der Waals surface area (Å²) in [5.41, 5.74) is 2.87. The highest BCUT2D eigenvalue weighted by Gasteiger charge is 2.28. The number of piperidine rings is 2. The minimum atomic E-state index is -3.65. The van der Waals surface area contributed by atoms with Gasteiger partial charge < -0.3 is 10.2 Å². The van der Waals surface area contributed by atoms with Crippen molar-refractivity contribution in [1.82, 2.24) is 23.9 Å². The van der Waals surface area contributed by atoms with Gasteiger partial charge in [-0.3, -0.25) is 4.79 Å². The first kappa shape index (κ1) is 23.7. The number of fused-ring (bicyclic) bond motifs is 1. The first-order valence-electron chi connectivity index (χ1n) is 12.2. The maximum absolute atomic E-state index is 13.3. The van der Waals surface area contributed by atoms with Crippen molar-refractivity contribution < 1.29 is 13.2 Å². The number of nitrogens with zero attached hydrogens (tertiary/aromatic N) is 6. The van der Waals surface area contributed by atoms with E-state index in [1.54, 1.807) is 16.4 Å². The van der Waals surface area contributed by atoms with E-state index in [9.17, 15) is 13.2 Å². The number of amides is 1. The summed E-state index contributed by atoms with van der Waals surface area (Å²) in [6.45, 7) is 6.50. The largest absolute Gasteiger partial charge is 0.370 e. The van der Waals surface area contributed by atoms with Crippen LogP contribution in [0.2, 0.25) is 0 Å². The third kappa shape index (κ3) is 4.74. The first-order chi connectivity index (χ1) is 16.8. The third-order valence-corrected chi connectivity index (χ3v) is 8.58. The van der Waals surface area contributed by atoms with E-state index in [0.717, 1.165) is 68.7 Å². The average Bonchev–Trinajstić information content (AvgIpc) is 3.30. The SMILES string of the molecule is Cc1cc(C)n2nc(C(=O)Nc3cc(S(=O)(=O)N4CCCCC4)ccc3N3CCCCC3)nc2n1. The van der Waals surface area contributed by atoms with Crippen molar-refractivity contribution in [2.75, 3.05) is 36.4 Å². The van der Waals surface area contributed by atoms with E-state index >= 15 is 0 Å². The fourth-order valence-corrected chi connectivity index (χ4v) is 6.43. The molecular formula is C24H31N7O3S. The van der Waals surface area contributed by atoms with Crippen molar-refractivity contribution in [2.45, 2.75) is 57.3 Å². The molecular weight excluding hydrogens is 466 g/mol. The molecule has 186 valence electrons. The molecule has 10 nitrogen and oxygen atoms in total. The van der Waals surface area contributed by atoms with Crippen LogP contribution in [-0.2, 0) is 10.0 Å². The molecule has 35 heavy (non-hydrogen) atoms. The van der Waals surface area contributed by atoms with E-state index in [1.165, 1.54) is 4.52 Å². The zero-order valence-corrected chi connectivity index (χ0v) is 21.0. The maximum Gasteiger partial charge on any atom is 0.295 e. The molecule has 11 heteroatoms. The number of rotatable bonds is 5. The zero-order valence-electron chi connectivity index (χ0n) is 20.2. The number of benzene rings is 1. The smallest absolute Gasteiger partial charge is 0.295 e. The molecule has 2 fully saturated rings. The third-order valence-electron chi connectivity index (χ3n) is 6.69. The first-order valence-corrected chi connectivity index (χ1v) is 13.7. The standard InChI is InChI=1S/C24H31N7O3S/c1-17-15-18(2)31-24(25-17)27-22(28-31)23(32)26-20-16-19(35(33,34)30-13-7-4-8-14-30)9-10-21(20)29-11-5-3-6-12-29/h9-10,15-16H,3-8,11-14H2,1-2H3,(H,26,32). The van der Waals surface area contributed by atoms with Gasteiger partial charge in [0, 0.05) is 37.6 Å². The molecule has 1 aromatic carbocycles. The van der Waals surface area contributed by atoms with E-state index in [0.29, 0.717) is 24.6 Å². The Labute approximate surface area is 205 Å². The number of hydrogen-bond donors (Lipinski definition) is 1.